The highest BCUT2D eigenvalue weighted by Gasteiger charge is 2.35. The van der Waals surface area contributed by atoms with Crippen LogP contribution in [-0.4, -0.2) is 17.5 Å². The van der Waals surface area contributed by atoms with E-state index in [-0.39, 0.29) is 17.7 Å². The molecule has 0 spiro atoms. The summed E-state index contributed by atoms with van der Waals surface area (Å²) >= 11 is 0. The zero-order valence-corrected chi connectivity index (χ0v) is 10.9. The van der Waals surface area contributed by atoms with Crippen LogP contribution < -0.4 is 4.74 Å². The van der Waals surface area contributed by atoms with Crippen LogP contribution in [0.15, 0.2) is 42.5 Å². The first-order chi connectivity index (χ1) is 10.1. The molecule has 0 aliphatic carbocycles. The Bertz CT molecular complexity index is 700. The molecule has 1 aliphatic heterocycles. The quantitative estimate of drug-likeness (QED) is 0.865. The van der Waals surface area contributed by atoms with Crippen molar-refractivity contribution < 1.29 is 23.4 Å². The maximum atomic E-state index is 13.3. The first-order valence-corrected chi connectivity index (χ1v) is 6.46. The maximum Gasteiger partial charge on any atom is 0.172 e. The van der Waals surface area contributed by atoms with E-state index in [2.05, 4.69) is 0 Å². The minimum absolute atomic E-state index is 0.0326. The van der Waals surface area contributed by atoms with Crippen molar-refractivity contribution in [3.8, 4) is 5.75 Å². The monoisotopic (exact) mass is 290 g/mol. The molecule has 0 radical (unpaired) electrons. The van der Waals surface area contributed by atoms with Crippen molar-refractivity contribution in [2.24, 2.45) is 5.92 Å². The van der Waals surface area contributed by atoms with Gasteiger partial charge in [-0.15, -0.1) is 0 Å². The van der Waals surface area contributed by atoms with E-state index >= 15 is 0 Å². The van der Waals surface area contributed by atoms with Gasteiger partial charge in [0.2, 0.25) is 0 Å². The lowest BCUT2D eigenvalue weighted by molar-refractivity contribution is 0.0415. The number of carbonyl (C=O) groups is 1. The fourth-order valence-corrected chi connectivity index (χ4v) is 2.44. The Morgan fingerprint density at radius 1 is 1.14 bits per heavy atom. The highest BCUT2D eigenvalue weighted by molar-refractivity contribution is 5.98. The van der Waals surface area contributed by atoms with E-state index in [0.717, 1.165) is 12.1 Å². The van der Waals surface area contributed by atoms with Crippen molar-refractivity contribution in [2.45, 2.75) is 6.10 Å². The van der Waals surface area contributed by atoms with Crippen LogP contribution in [0.25, 0.3) is 0 Å². The molecule has 0 saturated carbocycles. The second-order valence-electron chi connectivity index (χ2n) is 4.92. The Labute approximate surface area is 119 Å². The summed E-state index contributed by atoms with van der Waals surface area (Å²) in [6.45, 7) is -0.0326. The molecule has 0 fully saturated rings. The van der Waals surface area contributed by atoms with Crippen LogP contribution in [0, 0.1) is 17.6 Å². The zero-order valence-electron chi connectivity index (χ0n) is 10.9. The van der Waals surface area contributed by atoms with E-state index in [1.807, 2.05) is 0 Å². The number of halogens is 2. The van der Waals surface area contributed by atoms with Crippen molar-refractivity contribution in [3.05, 3.63) is 65.2 Å². The molecule has 2 aromatic carbocycles. The Hall–Kier alpha value is -2.27. The number of fused-ring (bicyclic) bond motifs is 1. The van der Waals surface area contributed by atoms with Gasteiger partial charge in [-0.3, -0.25) is 4.79 Å². The van der Waals surface area contributed by atoms with E-state index in [1.165, 1.54) is 30.3 Å². The van der Waals surface area contributed by atoms with Crippen molar-refractivity contribution >= 4 is 5.78 Å². The molecule has 3 nitrogen and oxygen atoms in total. The van der Waals surface area contributed by atoms with Crippen molar-refractivity contribution in [2.75, 3.05) is 6.61 Å². The van der Waals surface area contributed by atoms with Gasteiger partial charge in [0.1, 0.15) is 24.0 Å². The lowest BCUT2D eigenvalue weighted by atomic mass is 9.87. The lowest BCUT2D eigenvalue weighted by Gasteiger charge is -2.29. The number of benzene rings is 2. The van der Waals surface area contributed by atoms with Gasteiger partial charge in [0, 0.05) is 11.1 Å². The van der Waals surface area contributed by atoms with Crippen LogP contribution in [0.3, 0.4) is 0 Å². The summed E-state index contributed by atoms with van der Waals surface area (Å²) < 4.78 is 31.9. The SMILES string of the molecule is O=C(c1cccc(F)c1)C1COc2ccc(F)cc2C1O. The molecule has 1 aliphatic rings. The lowest BCUT2D eigenvalue weighted by Crippen LogP contribution is -2.32. The molecule has 0 aromatic heterocycles. The molecule has 0 saturated heterocycles. The van der Waals surface area contributed by atoms with Gasteiger partial charge in [-0.1, -0.05) is 12.1 Å². The number of rotatable bonds is 2. The standard InChI is InChI=1S/C16H12F2O3/c17-10-3-1-2-9(6-10)15(19)13-8-21-14-5-4-11(18)7-12(14)16(13)20/h1-7,13,16,20H,8H2. The fraction of sp³-hybridized carbons (Fsp3) is 0.188. The van der Waals surface area contributed by atoms with Crippen LogP contribution in [0.5, 0.6) is 5.75 Å². The van der Waals surface area contributed by atoms with Gasteiger partial charge in [-0.25, -0.2) is 8.78 Å². The van der Waals surface area contributed by atoms with Gasteiger partial charge in [-0.2, -0.15) is 0 Å². The molecular formula is C16H12F2O3. The minimum Gasteiger partial charge on any atom is -0.492 e. The molecule has 2 atom stereocenters. The number of aliphatic hydroxyl groups excluding tert-OH is 1. The third-order valence-corrected chi connectivity index (χ3v) is 3.54. The molecule has 0 bridgehead atoms. The van der Waals surface area contributed by atoms with E-state index in [4.69, 9.17) is 4.74 Å². The highest BCUT2D eigenvalue weighted by Crippen LogP contribution is 2.37. The Morgan fingerprint density at radius 2 is 1.90 bits per heavy atom. The summed E-state index contributed by atoms with van der Waals surface area (Å²) in [6.07, 6.45) is -1.18. The Kier molecular flexibility index (Phi) is 3.43. The molecule has 21 heavy (non-hydrogen) atoms. The van der Waals surface area contributed by atoms with Gasteiger partial charge in [0.15, 0.2) is 5.78 Å². The second kappa shape index (κ2) is 5.26. The van der Waals surface area contributed by atoms with E-state index < -0.39 is 29.4 Å². The summed E-state index contributed by atoms with van der Waals surface area (Å²) in [5.41, 5.74) is 0.388. The Balaban J connectivity index is 1.92. The average Bonchev–Trinajstić information content (AvgIpc) is 2.47. The molecular weight excluding hydrogens is 278 g/mol. The van der Waals surface area contributed by atoms with Crippen molar-refractivity contribution in [3.63, 3.8) is 0 Å². The number of hydrogen-bond acceptors (Lipinski definition) is 3. The number of aliphatic hydroxyl groups is 1. The largest absolute Gasteiger partial charge is 0.492 e. The minimum atomic E-state index is -1.18. The van der Waals surface area contributed by atoms with Gasteiger partial charge in [0.25, 0.3) is 0 Å². The first-order valence-electron chi connectivity index (χ1n) is 6.46. The summed E-state index contributed by atoms with van der Waals surface area (Å²) in [6, 6.07) is 9.01. The van der Waals surface area contributed by atoms with E-state index in [0.29, 0.717) is 5.75 Å². The number of hydrogen-bond donors (Lipinski definition) is 1. The normalized spacial score (nSPS) is 20.5. The molecule has 2 unspecified atom stereocenters. The molecule has 1 N–H and O–H groups in total. The summed E-state index contributed by atoms with van der Waals surface area (Å²) in [7, 11) is 0. The van der Waals surface area contributed by atoms with Crippen LogP contribution in [0.2, 0.25) is 0 Å². The van der Waals surface area contributed by atoms with Gasteiger partial charge < -0.3 is 9.84 Å². The van der Waals surface area contributed by atoms with Gasteiger partial charge >= 0.3 is 0 Å². The first kappa shape index (κ1) is 13.7. The highest BCUT2D eigenvalue weighted by atomic mass is 19.1. The van der Waals surface area contributed by atoms with E-state index in [9.17, 15) is 18.7 Å². The van der Waals surface area contributed by atoms with E-state index in [1.54, 1.807) is 0 Å². The van der Waals surface area contributed by atoms with Crippen LogP contribution >= 0.6 is 0 Å². The number of ketones is 1. The van der Waals surface area contributed by atoms with Crippen LogP contribution in [-0.2, 0) is 0 Å². The summed E-state index contributed by atoms with van der Waals surface area (Å²) in [5.74, 6) is -2.01. The molecule has 3 rings (SSSR count). The smallest absolute Gasteiger partial charge is 0.172 e. The van der Waals surface area contributed by atoms with Crippen molar-refractivity contribution in [1.82, 2.24) is 0 Å². The number of carbonyl (C=O) groups excluding carboxylic acids is 1. The van der Waals surface area contributed by atoms with Crippen LogP contribution in [0.1, 0.15) is 22.0 Å². The molecule has 1 heterocycles. The third-order valence-electron chi connectivity index (χ3n) is 3.54. The zero-order chi connectivity index (χ0) is 15.0. The topological polar surface area (TPSA) is 46.5 Å². The van der Waals surface area contributed by atoms with Crippen molar-refractivity contribution in [1.29, 1.82) is 0 Å². The summed E-state index contributed by atoms with van der Waals surface area (Å²) in [4.78, 5) is 12.4. The van der Waals surface area contributed by atoms with Gasteiger partial charge in [0.05, 0.1) is 12.0 Å². The third kappa shape index (κ3) is 2.52. The predicted molar refractivity (Wildman–Crippen MR) is 71.1 cm³/mol. The Morgan fingerprint density at radius 3 is 2.67 bits per heavy atom. The molecule has 108 valence electrons. The van der Waals surface area contributed by atoms with Gasteiger partial charge in [-0.05, 0) is 30.3 Å². The predicted octanol–water partition coefficient (Wildman–Crippen LogP) is 2.89. The second-order valence-corrected chi connectivity index (χ2v) is 4.92. The number of ether oxygens (including phenoxy) is 1. The fourth-order valence-electron chi connectivity index (χ4n) is 2.44. The molecule has 2 aromatic rings. The molecule has 5 heteroatoms. The summed E-state index contributed by atoms with van der Waals surface area (Å²) in [5, 5.41) is 10.3. The average molecular weight is 290 g/mol. The number of Topliss-reactive ketones (excluding diaryl/α,β-unsaturated/α-hetero) is 1. The molecule has 0 amide bonds. The maximum absolute atomic E-state index is 13.3. The van der Waals surface area contributed by atoms with Crippen LogP contribution in [0.4, 0.5) is 8.78 Å².